The van der Waals surface area contributed by atoms with E-state index in [1.807, 2.05) is 0 Å². The first-order valence-corrected chi connectivity index (χ1v) is 5.86. The Balaban J connectivity index is 2.18. The summed E-state index contributed by atoms with van der Waals surface area (Å²) < 4.78 is 31.3. The molecule has 6 heteroatoms. The molecular formula is C11H10F2N2OS. The minimum Gasteiger partial charge on any atom is -0.338 e. The molecule has 3 nitrogen and oxygen atoms in total. The quantitative estimate of drug-likeness (QED) is 0.788. The van der Waals surface area contributed by atoms with Gasteiger partial charge in [0.05, 0.1) is 5.25 Å². The highest BCUT2D eigenvalue weighted by Crippen LogP contribution is 2.35. The van der Waals surface area contributed by atoms with Crippen molar-refractivity contribution >= 4 is 11.8 Å². The number of benzene rings is 1. The summed E-state index contributed by atoms with van der Waals surface area (Å²) in [4.78, 5) is 4.27. The molecule has 0 fully saturated rings. The number of aromatic nitrogens is 2. The maximum Gasteiger partial charge on any atom is 0.239 e. The molecule has 0 saturated carbocycles. The Kier molecular flexibility index (Phi) is 3.42. The van der Waals surface area contributed by atoms with Crippen molar-refractivity contribution in [2.75, 3.05) is 0 Å². The van der Waals surface area contributed by atoms with Gasteiger partial charge >= 0.3 is 0 Å². The number of thioether (sulfide) groups is 1. The Labute approximate surface area is 101 Å². The molecule has 2 rings (SSSR count). The second-order valence-electron chi connectivity index (χ2n) is 3.51. The Hall–Kier alpha value is -1.43. The van der Waals surface area contributed by atoms with Crippen molar-refractivity contribution in [2.45, 2.75) is 24.0 Å². The van der Waals surface area contributed by atoms with E-state index in [4.69, 9.17) is 4.52 Å². The fourth-order valence-corrected chi connectivity index (χ4v) is 2.23. The van der Waals surface area contributed by atoms with E-state index < -0.39 is 11.6 Å². The van der Waals surface area contributed by atoms with E-state index in [9.17, 15) is 8.78 Å². The average Bonchev–Trinajstić information content (AvgIpc) is 2.70. The topological polar surface area (TPSA) is 38.9 Å². The second-order valence-corrected chi connectivity index (χ2v) is 4.90. The van der Waals surface area contributed by atoms with Crippen LogP contribution in [0.3, 0.4) is 0 Å². The minimum atomic E-state index is -0.470. The largest absolute Gasteiger partial charge is 0.338 e. The number of halogens is 2. The molecule has 1 atom stereocenters. The molecule has 0 unspecified atom stereocenters. The Morgan fingerprint density at radius 3 is 2.76 bits per heavy atom. The van der Waals surface area contributed by atoms with Gasteiger partial charge in [-0.1, -0.05) is 5.16 Å². The Morgan fingerprint density at radius 1 is 1.35 bits per heavy atom. The van der Waals surface area contributed by atoms with Crippen LogP contribution >= 0.6 is 11.8 Å². The summed E-state index contributed by atoms with van der Waals surface area (Å²) in [5.74, 6) is -0.00868. The zero-order valence-electron chi connectivity index (χ0n) is 9.28. The van der Waals surface area contributed by atoms with Crippen LogP contribution in [0.15, 0.2) is 27.6 Å². The number of hydrogen-bond donors (Lipinski definition) is 0. The third-order valence-corrected chi connectivity index (χ3v) is 3.21. The Morgan fingerprint density at radius 2 is 2.12 bits per heavy atom. The molecule has 0 aliphatic carbocycles. The molecular weight excluding hydrogens is 246 g/mol. The van der Waals surface area contributed by atoms with Gasteiger partial charge in [-0.3, -0.25) is 0 Å². The lowest BCUT2D eigenvalue weighted by atomic mass is 10.3. The van der Waals surface area contributed by atoms with Gasteiger partial charge in [0, 0.05) is 4.90 Å². The summed E-state index contributed by atoms with van der Waals surface area (Å²) in [5.41, 5.74) is 0. The average molecular weight is 256 g/mol. The second kappa shape index (κ2) is 4.83. The first-order valence-electron chi connectivity index (χ1n) is 4.98. The molecule has 1 aromatic carbocycles. The molecule has 0 saturated heterocycles. The third kappa shape index (κ3) is 2.82. The van der Waals surface area contributed by atoms with Crippen LogP contribution in [0.5, 0.6) is 0 Å². The summed E-state index contributed by atoms with van der Waals surface area (Å²) in [7, 11) is 0. The normalized spacial score (nSPS) is 12.7. The smallest absolute Gasteiger partial charge is 0.239 e. The predicted octanol–water partition coefficient (Wildman–Crippen LogP) is 3.51. The highest BCUT2D eigenvalue weighted by molar-refractivity contribution is 7.99. The molecule has 0 spiro atoms. The molecule has 1 aromatic heterocycles. The summed E-state index contributed by atoms with van der Waals surface area (Å²) >= 11 is 1.14. The SMILES string of the molecule is Cc1noc([C@H](C)Sc2cc(F)ccc2F)n1. The zero-order valence-corrected chi connectivity index (χ0v) is 10.1. The van der Waals surface area contributed by atoms with Crippen LogP contribution < -0.4 is 0 Å². The van der Waals surface area contributed by atoms with Gasteiger partial charge in [-0.05, 0) is 32.0 Å². The maximum absolute atomic E-state index is 13.4. The van der Waals surface area contributed by atoms with E-state index in [0.717, 1.165) is 30.0 Å². The number of rotatable bonds is 3. The molecule has 0 aliphatic heterocycles. The van der Waals surface area contributed by atoms with Gasteiger partial charge in [-0.2, -0.15) is 4.98 Å². The van der Waals surface area contributed by atoms with E-state index in [0.29, 0.717) is 11.7 Å². The van der Waals surface area contributed by atoms with Gasteiger partial charge < -0.3 is 4.52 Å². The van der Waals surface area contributed by atoms with E-state index in [1.54, 1.807) is 13.8 Å². The van der Waals surface area contributed by atoms with Crippen LogP contribution in [0.2, 0.25) is 0 Å². The molecule has 0 amide bonds. The first-order chi connectivity index (χ1) is 8.06. The molecule has 17 heavy (non-hydrogen) atoms. The standard InChI is InChI=1S/C11H10F2N2OS/c1-6(11-14-7(2)15-16-11)17-10-5-8(12)3-4-9(10)13/h3-6H,1-2H3/t6-/m0/s1. The van der Waals surface area contributed by atoms with Gasteiger partial charge in [0.2, 0.25) is 5.89 Å². The fraction of sp³-hybridized carbons (Fsp3) is 0.273. The van der Waals surface area contributed by atoms with E-state index in [-0.39, 0.29) is 10.1 Å². The van der Waals surface area contributed by atoms with Crippen LogP contribution in [-0.4, -0.2) is 10.1 Å². The lowest BCUT2D eigenvalue weighted by Crippen LogP contribution is -1.91. The summed E-state index contributed by atoms with van der Waals surface area (Å²) in [6.45, 7) is 3.50. The van der Waals surface area contributed by atoms with Crippen molar-refractivity contribution < 1.29 is 13.3 Å². The highest BCUT2D eigenvalue weighted by atomic mass is 32.2. The number of nitrogens with zero attached hydrogens (tertiary/aromatic N) is 2. The fourth-order valence-electron chi connectivity index (χ4n) is 1.29. The van der Waals surface area contributed by atoms with Crippen LogP contribution in [0.25, 0.3) is 0 Å². The lowest BCUT2D eigenvalue weighted by Gasteiger charge is -2.07. The number of hydrogen-bond acceptors (Lipinski definition) is 4. The minimum absolute atomic E-state index is 0.229. The molecule has 0 aliphatic rings. The van der Waals surface area contributed by atoms with Gasteiger partial charge in [0.25, 0.3) is 0 Å². The van der Waals surface area contributed by atoms with Gasteiger partial charge in [-0.25, -0.2) is 8.78 Å². The molecule has 0 N–H and O–H groups in total. The van der Waals surface area contributed by atoms with Crippen molar-refractivity contribution in [3.63, 3.8) is 0 Å². The Bertz CT molecular complexity index is 530. The van der Waals surface area contributed by atoms with Crippen molar-refractivity contribution in [3.8, 4) is 0 Å². The summed E-state index contributed by atoms with van der Waals surface area (Å²) in [5, 5.41) is 3.42. The summed E-state index contributed by atoms with van der Waals surface area (Å²) in [6, 6.07) is 3.34. The van der Waals surface area contributed by atoms with Gasteiger partial charge in [0.15, 0.2) is 5.82 Å². The summed E-state index contributed by atoms with van der Waals surface area (Å²) in [6.07, 6.45) is 0. The maximum atomic E-state index is 13.4. The molecule has 90 valence electrons. The van der Waals surface area contributed by atoms with E-state index in [2.05, 4.69) is 10.1 Å². The van der Waals surface area contributed by atoms with E-state index >= 15 is 0 Å². The van der Waals surface area contributed by atoms with Crippen molar-refractivity contribution in [2.24, 2.45) is 0 Å². The van der Waals surface area contributed by atoms with Crippen LogP contribution in [0.4, 0.5) is 8.78 Å². The molecule has 0 radical (unpaired) electrons. The van der Waals surface area contributed by atoms with E-state index in [1.165, 1.54) is 0 Å². The van der Waals surface area contributed by atoms with Gasteiger partial charge in [0.1, 0.15) is 11.6 Å². The number of aryl methyl sites for hydroxylation is 1. The highest BCUT2D eigenvalue weighted by Gasteiger charge is 2.16. The zero-order chi connectivity index (χ0) is 12.4. The lowest BCUT2D eigenvalue weighted by molar-refractivity contribution is 0.376. The van der Waals surface area contributed by atoms with Crippen molar-refractivity contribution in [3.05, 3.63) is 41.5 Å². The van der Waals surface area contributed by atoms with Crippen molar-refractivity contribution in [1.82, 2.24) is 10.1 Å². The first kappa shape index (κ1) is 12.0. The predicted molar refractivity (Wildman–Crippen MR) is 59.7 cm³/mol. The van der Waals surface area contributed by atoms with Crippen LogP contribution in [-0.2, 0) is 0 Å². The molecule has 0 bridgehead atoms. The third-order valence-electron chi connectivity index (χ3n) is 2.09. The van der Waals surface area contributed by atoms with Crippen LogP contribution in [0, 0.1) is 18.6 Å². The molecule has 1 heterocycles. The van der Waals surface area contributed by atoms with Crippen molar-refractivity contribution in [1.29, 1.82) is 0 Å². The van der Waals surface area contributed by atoms with Crippen LogP contribution in [0.1, 0.15) is 23.9 Å². The molecule has 2 aromatic rings. The van der Waals surface area contributed by atoms with Gasteiger partial charge in [-0.15, -0.1) is 11.8 Å². The monoisotopic (exact) mass is 256 g/mol.